The quantitative estimate of drug-likeness (QED) is 0.273. The Balaban J connectivity index is 1.65. The molecule has 166 valence electrons. The van der Waals surface area contributed by atoms with Gasteiger partial charge in [0.05, 0.1) is 5.56 Å². The number of furan rings is 1. The first-order chi connectivity index (χ1) is 15.8. The van der Waals surface area contributed by atoms with E-state index < -0.39 is 29.1 Å². The van der Waals surface area contributed by atoms with Crippen molar-refractivity contribution in [2.24, 2.45) is 0 Å². The fraction of sp³-hybridized carbons (Fsp3) is 0.0400. The van der Waals surface area contributed by atoms with E-state index in [4.69, 9.17) is 4.42 Å². The highest BCUT2D eigenvalue weighted by atomic mass is 16.4. The number of aromatic hydroxyl groups is 3. The largest absolute Gasteiger partial charge is 0.504 e. The molecule has 0 radical (unpaired) electrons. The Kier molecular flexibility index (Phi) is 5.49. The number of aromatic carboxylic acids is 1. The van der Waals surface area contributed by atoms with Gasteiger partial charge in [0.2, 0.25) is 5.75 Å². The van der Waals surface area contributed by atoms with Gasteiger partial charge in [-0.25, -0.2) is 4.79 Å². The Labute approximate surface area is 188 Å². The van der Waals surface area contributed by atoms with Crippen LogP contribution in [0.3, 0.4) is 0 Å². The van der Waals surface area contributed by atoms with Crippen LogP contribution in [-0.4, -0.2) is 32.3 Å². The molecule has 0 fully saturated rings. The molecule has 4 aromatic rings. The molecular weight excluding hydrogens is 426 g/mol. The standard InChI is InChI=1S/C25H19NO7/c1-13-17(25(31)32)12-20(33-13)15-7-9-16(10-8-15)26-24(30)21-18(14-5-3-2-4-6-14)11-19(27)22(28)23(21)29/h2-12,27-29H,1H3,(H,26,30)(H,31,32). The second kappa shape index (κ2) is 8.43. The highest BCUT2D eigenvalue weighted by Crippen LogP contribution is 2.43. The molecule has 0 bridgehead atoms. The molecule has 0 aliphatic rings. The number of amides is 1. The van der Waals surface area contributed by atoms with Crippen LogP contribution in [0.1, 0.15) is 26.5 Å². The van der Waals surface area contributed by atoms with E-state index in [9.17, 15) is 30.0 Å². The molecule has 4 rings (SSSR count). The lowest BCUT2D eigenvalue weighted by Gasteiger charge is -2.14. The number of nitrogens with one attached hydrogen (secondary N) is 1. The normalized spacial score (nSPS) is 10.7. The molecule has 0 aliphatic heterocycles. The van der Waals surface area contributed by atoms with E-state index in [0.29, 0.717) is 22.6 Å². The number of aryl methyl sites for hydroxylation is 1. The number of hydrogen-bond acceptors (Lipinski definition) is 6. The van der Waals surface area contributed by atoms with Gasteiger partial charge in [-0.15, -0.1) is 0 Å². The Morgan fingerprint density at radius 1 is 0.848 bits per heavy atom. The van der Waals surface area contributed by atoms with E-state index in [-0.39, 0.29) is 22.5 Å². The van der Waals surface area contributed by atoms with Crippen molar-refractivity contribution >= 4 is 17.6 Å². The summed E-state index contributed by atoms with van der Waals surface area (Å²) in [6, 6.07) is 17.8. The lowest BCUT2D eigenvalue weighted by atomic mass is 9.97. The van der Waals surface area contributed by atoms with Crippen molar-refractivity contribution in [3.8, 4) is 39.7 Å². The van der Waals surface area contributed by atoms with Crippen molar-refractivity contribution in [2.75, 3.05) is 5.32 Å². The Hall–Kier alpha value is -4.72. The lowest BCUT2D eigenvalue weighted by molar-refractivity contribution is 0.0694. The summed E-state index contributed by atoms with van der Waals surface area (Å²) < 4.78 is 5.50. The molecule has 0 atom stereocenters. The van der Waals surface area contributed by atoms with Crippen molar-refractivity contribution in [1.29, 1.82) is 0 Å². The molecule has 8 heteroatoms. The Morgan fingerprint density at radius 3 is 2.12 bits per heavy atom. The van der Waals surface area contributed by atoms with Crippen LogP contribution in [-0.2, 0) is 0 Å². The molecule has 0 spiro atoms. The van der Waals surface area contributed by atoms with E-state index in [1.54, 1.807) is 61.5 Å². The molecule has 8 nitrogen and oxygen atoms in total. The van der Waals surface area contributed by atoms with Crippen molar-refractivity contribution < 1.29 is 34.4 Å². The van der Waals surface area contributed by atoms with Gasteiger partial charge < -0.3 is 30.2 Å². The van der Waals surface area contributed by atoms with E-state index in [2.05, 4.69) is 5.32 Å². The maximum Gasteiger partial charge on any atom is 0.339 e. The average Bonchev–Trinajstić information content (AvgIpc) is 3.20. The number of hydrogen-bond donors (Lipinski definition) is 5. The summed E-state index contributed by atoms with van der Waals surface area (Å²) in [6.45, 7) is 1.56. The van der Waals surface area contributed by atoms with Crippen molar-refractivity contribution in [3.05, 3.63) is 83.6 Å². The maximum atomic E-state index is 13.0. The van der Waals surface area contributed by atoms with Gasteiger partial charge in [0.25, 0.3) is 5.91 Å². The number of phenolic OH excluding ortho intramolecular Hbond substituents is 3. The van der Waals surface area contributed by atoms with Gasteiger partial charge in [0, 0.05) is 16.8 Å². The maximum absolute atomic E-state index is 13.0. The summed E-state index contributed by atoms with van der Waals surface area (Å²) in [5, 5.41) is 42.1. The van der Waals surface area contributed by atoms with Crippen molar-refractivity contribution in [3.63, 3.8) is 0 Å². The Bertz CT molecular complexity index is 1360. The molecule has 3 aromatic carbocycles. The lowest BCUT2D eigenvalue weighted by Crippen LogP contribution is -2.13. The predicted molar refractivity (Wildman–Crippen MR) is 121 cm³/mol. The zero-order valence-corrected chi connectivity index (χ0v) is 17.4. The minimum absolute atomic E-state index is 0.0680. The van der Waals surface area contributed by atoms with Crippen LogP contribution < -0.4 is 5.32 Å². The van der Waals surface area contributed by atoms with Crippen LogP contribution in [0.5, 0.6) is 17.2 Å². The first-order valence-corrected chi connectivity index (χ1v) is 9.85. The highest BCUT2D eigenvalue weighted by Gasteiger charge is 2.24. The summed E-state index contributed by atoms with van der Waals surface area (Å²) in [5.41, 5.74) is 1.66. The third-order valence-corrected chi connectivity index (χ3v) is 5.14. The van der Waals surface area contributed by atoms with Gasteiger partial charge in [0.1, 0.15) is 17.1 Å². The smallest absolute Gasteiger partial charge is 0.339 e. The molecule has 0 saturated heterocycles. The van der Waals surface area contributed by atoms with Crippen LogP contribution in [0.25, 0.3) is 22.5 Å². The molecule has 1 amide bonds. The van der Waals surface area contributed by atoms with Crippen LogP contribution >= 0.6 is 0 Å². The van der Waals surface area contributed by atoms with E-state index in [1.807, 2.05) is 0 Å². The second-order valence-electron chi connectivity index (χ2n) is 7.30. The number of benzene rings is 3. The average molecular weight is 445 g/mol. The van der Waals surface area contributed by atoms with Gasteiger partial charge in [-0.2, -0.15) is 0 Å². The summed E-state index contributed by atoms with van der Waals surface area (Å²) in [4.78, 5) is 24.2. The minimum Gasteiger partial charge on any atom is -0.504 e. The van der Waals surface area contributed by atoms with Crippen molar-refractivity contribution in [2.45, 2.75) is 6.92 Å². The third-order valence-electron chi connectivity index (χ3n) is 5.14. The summed E-state index contributed by atoms with van der Waals surface area (Å²) in [5.74, 6) is -3.22. The van der Waals surface area contributed by atoms with Gasteiger partial charge in [0.15, 0.2) is 11.5 Å². The third kappa shape index (κ3) is 4.09. The van der Waals surface area contributed by atoms with E-state index in [1.165, 1.54) is 12.1 Å². The minimum atomic E-state index is -1.09. The van der Waals surface area contributed by atoms with Gasteiger partial charge in [-0.1, -0.05) is 30.3 Å². The number of carbonyl (C=O) groups excluding carboxylic acids is 1. The topological polar surface area (TPSA) is 140 Å². The highest BCUT2D eigenvalue weighted by molar-refractivity contribution is 6.11. The fourth-order valence-corrected chi connectivity index (χ4v) is 3.47. The predicted octanol–water partition coefficient (Wildman–Crippen LogP) is 4.99. The van der Waals surface area contributed by atoms with Crippen LogP contribution in [0.4, 0.5) is 5.69 Å². The number of anilines is 1. The van der Waals surface area contributed by atoms with E-state index in [0.717, 1.165) is 0 Å². The SMILES string of the molecule is Cc1oc(-c2ccc(NC(=O)c3c(-c4ccccc4)cc(O)c(O)c3O)cc2)cc1C(=O)O. The van der Waals surface area contributed by atoms with Crippen molar-refractivity contribution in [1.82, 2.24) is 0 Å². The van der Waals surface area contributed by atoms with Gasteiger partial charge in [-0.3, -0.25) is 4.79 Å². The van der Waals surface area contributed by atoms with Crippen LogP contribution in [0.15, 0.2) is 71.1 Å². The van der Waals surface area contributed by atoms with E-state index >= 15 is 0 Å². The summed E-state index contributed by atoms with van der Waals surface area (Å²) >= 11 is 0. The zero-order valence-electron chi connectivity index (χ0n) is 17.4. The van der Waals surface area contributed by atoms with Gasteiger partial charge >= 0.3 is 5.97 Å². The molecule has 0 saturated carbocycles. The number of rotatable bonds is 5. The molecule has 5 N–H and O–H groups in total. The zero-order chi connectivity index (χ0) is 23.7. The summed E-state index contributed by atoms with van der Waals surface area (Å²) in [6.07, 6.45) is 0. The van der Waals surface area contributed by atoms with Gasteiger partial charge in [-0.05, 0) is 48.9 Å². The number of carbonyl (C=O) groups is 2. The second-order valence-corrected chi connectivity index (χ2v) is 7.30. The number of carboxylic acid groups (broad SMARTS) is 1. The fourth-order valence-electron chi connectivity index (χ4n) is 3.47. The van der Waals surface area contributed by atoms with Crippen LogP contribution in [0, 0.1) is 6.92 Å². The molecule has 33 heavy (non-hydrogen) atoms. The molecule has 0 unspecified atom stereocenters. The van der Waals surface area contributed by atoms with Crippen LogP contribution in [0.2, 0.25) is 0 Å². The molecule has 1 aromatic heterocycles. The molecule has 1 heterocycles. The summed E-state index contributed by atoms with van der Waals surface area (Å²) in [7, 11) is 0. The molecule has 0 aliphatic carbocycles. The number of carboxylic acids is 1. The number of phenols is 3. The first-order valence-electron chi connectivity index (χ1n) is 9.85. The Morgan fingerprint density at radius 2 is 1.52 bits per heavy atom. The monoisotopic (exact) mass is 445 g/mol. The first kappa shape index (κ1) is 21.5. The molecular formula is C25H19NO7.